The molecule has 0 amide bonds. The summed E-state index contributed by atoms with van der Waals surface area (Å²) in [6.45, 7) is 0.214. The highest BCUT2D eigenvalue weighted by atomic mass is 35.5. The number of benzene rings is 1. The number of rotatable bonds is 4. The first-order valence-corrected chi connectivity index (χ1v) is 7.16. The maximum Gasteiger partial charge on any atom is 0.156 e. The van der Waals surface area contributed by atoms with Crippen molar-refractivity contribution in [3.8, 4) is 5.75 Å². The molecular weight excluding hydrogens is 295 g/mol. The maximum atomic E-state index is 10.0. The third-order valence-electron chi connectivity index (χ3n) is 3.31. The van der Waals surface area contributed by atoms with E-state index in [9.17, 15) is 5.11 Å². The van der Waals surface area contributed by atoms with Gasteiger partial charge < -0.3 is 9.84 Å². The van der Waals surface area contributed by atoms with E-state index in [1.54, 1.807) is 12.1 Å². The molecule has 2 nitrogen and oxygen atoms in total. The number of halogens is 3. The zero-order chi connectivity index (χ0) is 13.1. The van der Waals surface area contributed by atoms with E-state index < -0.39 is 6.10 Å². The molecule has 0 aromatic heterocycles. The van der Waals surface area contributed by atoms with E-state index in [1.807, 2.05) is 0 Å². The molecule has 5 heteroatoms. The molecule has 0 aliphatic heterocycles. The molecule has 1 aliphatic carbocycles. The summed E-state index contributed by atoms with van der Waals surface area (Å²) in [5, 5.41) is 11.2. The summed E-state index contributed by atoms with van der Waals surface area (Å²) >= 11 is 17.8. The second-order valence-corrected chi connectivity index (χ2v) is 5.87. The molecule has 0 spiro atoms. The van der Waals surface area contributed by atoms with E-state index in [2.05, 4.69) is 0 Å². The molecule has 1 fully saturated rings. The number of aliphatic hydroxyl groups excluding tert-OH is 1. The van der Waals surface area contributed by atoms with E-state index in [4.69, 9.17) is 39.5 Å². The van der Waals surface area contributed by atoms with Crippen molar-refractivity contribution in [2.75, 3.05) is 6.61 Å². The monoisotopic (exact) mass is 308 g/mol. The molecule has 0 heterocycles. The minimum atomic E-state index is -0.463. The van der Waals surface area contributed by atoms with Crippen molar-refractivity contribution >= 4 is 34.8 Å². The van der Waals surface area contributed by atoms with Crippen LogP contribution in [0.5, 0.6) is 5.75 Å². The molecule has 1 saturated carbocycles. The van der Waals surface area contributed by atoms with Crippen molar-refractivity contribution in [2.24, 2.45) is 5.92 Å². The predicted octanol–water partition coefficient (Wildman–Crippen LogP) is 4.58. The van der Waals surface area contributed by atoms with Gasteiger partial charge in [0.1, 0.15) is 6.61 Å². The van der Waals surface area contributed by atoms with E-state index in [0.29, 0.717) is 26.7 Å². The Morgan fingerprint density at radius 2 is 1.72 bits per heavy atom. The Morgan fingerprint density at radius 1 is 1.17 bits per heavy atom. The Morgan fingerprint density at radius 3 is 2.28 bits per heavy atom. The van der Waals surface area contributed by atoms with Crippen LogP contribution in [0.15, 0.2) is 12.1 Å². The van der Waals surface area contributed by atoms with Crippen molar-refractivity contribution in [2.45, 2.75) is 31.8 Å². The van der Waals surface area contributed by atoms with E-state index in [1.165, 1.54) is 12.8 Å². The van der Waals surface area contributed by atoms with Gasteiger partial charge in [-0.25, -0.2) is 0 Å². The largest absolute Gasteiger partial charge is 0.488 e. The van der Waals surface area contributed by atoms with Crippen molar-refractivity contribution in [1.29, 1.82) is 0 Å². The van der Waals surface area contributed by atoms with Gasteiger partial charge in [-0.05, 0) is 30.9 Å². The summed E-state index contributed by atoms with van der Waals surface area (Å²) in [6, 6.07) is 3.15. The van der Waals surface area contributed by atoms with Crippen LogP contribution in [-0.4, -0.2) is 17.8 Å². The molecular formula is C13H15Cl3O2. The predicted molar refractivity (Wildman–Crippen MR) is 74.9 cm³/mol. The molecule has 0 bridgehead atoms. The molecule has 0 radical (unpaired) electrons. The summed E-state index contributed by atoms with van der Waals surface area (Å²) in [4.78, 5) is 0. The fourth-order valence-corrected chi connectivity index (χ4v) is 3.24. The van der Waals surface area contributed by atoms with Gasteiger partial charge in [-0.1, -0.05) is 47.6 Å². The second kappa shape index (κ2) is 6.33. The highest BCUT2D eigenvalue weighted by molar-refractivity contribution is 6.40. The fraction of sp³-hybridized carbons (Fsp3) is 0.538. The minimum absolute atomic E-state index is 0.214. The first kappa shape index (κ1) is 14.3. The quantitative estimate of drug-likeness (QED) is 0.882. The molecule has 18 heavy (non-hydrogen) atoms. The first-order valence-electron chi connectivity index (χ1n) is 6.03. The Kier molecular flexibility index (Phi) is 5.02. The van der Waals surface area contributed by atoms with E-state index in [-0.39, 0.29) is 6.61 Å². The second-order valence-electron chi connectivity index (χ2n) is 4.62. The average molecular weight is 310 g/mol. The lowest BCUT2D eigenvalue weighted by Gasteiger charge is -2.19. The summed E-state index contributed by atoms with van der Waals surface area (Å²) in [5.41, 5.74) is 0. The van der Waals surface area contributed by atoms with Gasteiger partial charge in [0.05, 0.1) is 16.1 Å². The lowest BCUT2D eigenvalue weighted by molar-refractivity contribution is 0.0594. The van der Waals surface area contributed by atoms with Crippen LogP contribution >= 0.6 is 34.8 Å². The summed E-state index contributed by atoms with van der Waals surface area (Å²) in [6.07, 6.45) is 4.03. The van der Waals surface area contributed by atoms with Gasteiger partial charge in [0, 0.05) is 5.02 Å². The Bertz CT molecular complexity index is 394. The zero-order valence-electron chi connectivity index (χ0n) is 9.83. The molecule has 1 N–H and O–H groups in total. The van der Waals surface area contributed by atoms with Crippen LogP contribution in [-0.2, 0) is 0 Å². The highest BCUT2D eigenvalue weighted by Gasteiger charge is 2.24. The molecule has 100 valence electrons. The Hall–Kier alpha value is -0.150. The molecule has 1 aromatic rings. The van der Waals surface area contributed by atoms with Gasteiger partial charge in [-0.3, -0.25) is 0 Å². The number of ether oxygens (including phenoxy) is 1. The fourth-order valence-electron chi connectivity index (χ4n) is 2.31. The molecule has 1 unspecified atom stereocenters. The van der Waals surface area contributed by atoms with E-state index in [0.717, 1.165) is 12.8 Å². The van der Waals surface area contributed by atoms with Crippen LogP contribution in [0.25, 0.3) is 0 Å². The summed E-state index contributed by atoms with van der Waals surface area (Å²) in [5.74, 6) is 0.717. The van der Waals surface area contributed by atoms with Crippen molar-refractivity contribution < 1.29 is 9.84 Å². The van der Waals surface area contributed by atoms with Gasteiger partial charge in [-0.2, -0.15) is 0 Å². The third kappa shape index (κ3) is 3.45. The van der Waals surface area contributed by atoms with Crippen LogP contribution in [0, 0.1) is 5.92 Å². The maximum absolute atomic E-state index is 10.0. The number of aliphatic hydroxyl groups is 1. The molecule has 1 aliphatic rings. The first-order chi connectivity index (χ1) is 8.58. The highest BCUT2D eigenvalue weighted by Crippen LogP contribution is 2.36. The summed E-state index contributed by atoms with van der Waals surface area (Å²) < 4.78 is 5.52. The topological polar surface area (TPSA) is 29.5 Å². The van der Waals surface area contributed by atoms with Crippen LogP contribution in [0.3, 0.4) is 0 Å². The molecule has 0 saturated heterocycles. The normalized spacial score (nSPS) is 18.0. The van der Waals surface area contributed by atoms with Crippen molar-refractivity contribution in [3.05, 3.63) is 27.2 Å². The Balaban J connectivity index is 1.97. The number of hydrogen-bond acceptors (Lipinski definition) is 2. The van der Waals surface area contributed by atoms with E-state index >= 15 is 0 Å². The van der Waals surface area contributed by atoms with Crippen LogP contribution in [0.2, 0.25) is 15.1 Å². The average Bonchev–Trinajstić information content (AvgIpc) is 2.80. The van der Waals surface area contributed by atoms with Gasteiger partial charge in [0.25, 0.3) is 0 Å². The molecule has 1 atom stereocenters. The zero-order valence-corrected chi connectivity index (χ0v) is 12.1. The van der Waals surface area contributed by atoms with Crippen molar-refractivity contribution in [3.63, 3.8) is 0 Å². The van der Waals surface area contributed by atoms with Crippen LogP contribution < -0.4 is 4.74 Å². The summed E-state index contributed by atoms with van der Waals surface area (Å²) in [7, 11) is 0. The molecule has 2 rings (SSSR count). The van der Waals surface area contributed by atoms with Crippen LogP contribution in [0.4, 0.5) is 0 Å². The minimum Gasteiger partial charge on any atom is -0.488 e. The molecule has 1 aromatic carbocycles. The number of hydrogen-bond donors (Lipinski definition) is 1. The van der Waals surface area contributed by atoms with Gasteiger partial charge in [0.2, 0.25) is 0 Å². The van der Waals surface area contributed by atoms with Gasteiger partial charge in [0.15, 0.2) is 5.75 Å². The lowest BCUT2D eigenvalue weighted by Crippen LogP contribution is -2.25. The lowest BCUT2D eigenvalue weighted by atomic mass is 10.0. The van der Waals surface area contributed by atoms with Gasteiger partial charge in [-0.15, -0.1) is 0 Å². The Labute approximate surface area is 122 Å². The van der Waals surface area contributed by atoms with Crippen molar-refractivity contribution in [1.82, 2.24) is 0 Å². The van der Waals surface area contributed by atoms with Crippen LogP contribution in [0.1, 0.15) is 25.7 Å². The third-order valence-corrected chi connectivity index (χ3v) is 4.09. The smallest absolute Gasteiger partial charge is 0.156 e. The standard InChI is InChI=1S/C13H15Cl3O2/c14-9-5-10(15)13(11(16)6-9)18-7-12(17)8-3-1-2-4-8/h5-6,8,12,17H,1-4,7H2. The SMILES string of the molecule is OC(COc1c(Cl)cc(Cl)cc1Cl)C1CCCC1. The van der Waals surface area contributed by atoms with Gasteiger partial charge >= 0.3 is 0 Å².